The Morgan fingerprint density at radius 3 is 3.14 bits per heavy atom. The third kappa shape index (κ3) is 2.25. The zero-order valence-corrected chi connectivity index (χ0v) is 9.22. The van der Waals surface area contributed by atoms with Crippen LogP contribution >= 0.6 is 22.9 Å². The smallest absolute Gasteiger partial charge is 0.224 e. The topological polar surface area (TPSA) is 33.2 Å². The Morgan fingerprint density at radius 2 is 2.57 bits per heavy atom. The van der Waals surface area contributed by atoms with Crippen LogP contribution in [-0.2, 0) is 11.2 Å². The van der Waals surface area contributed by atoms with E-state index < -0.39 is 0 Å². The Balaban J connectivity index is 1.84. The minimum atomic E-state index is -0.00112. The molecule has 1 atom stereocenters. The average molecular weight is 231 g/mol. The first-order valence-electron chi connectivity index (χ1n) is 4.56. The van der Waals surface area contributed by atoms with E-state index in [9.17, 15) is 4.79 Å². The number of rotatable bonds is 3. The van der Waals surface area contributed by atoms with Crippen molar-refractivity contribution < 1.29 is 4.79 Å². The van der Waals surface area contributed by atoms with Crippen LogP contribution in [0.5, 0.6) is 0 Å². The molecule has 0 N–H and O–H groups in total. The van der Waals surface area contributed by atoms with Crippen LogP contribution in [0.15, 0.2) is 11.6 Å². The molecule has 1 aromatic heterocycles. The van der Waals surface area contributed by atoms with Crippen molar-refractivity contribution in [3.8, 4) is 0 Å². The summed E-state index contributed by atoms with van der Waals surface area (Å²) in [7, 11) is 0. The van der Waals surface area contributed by atoms with Gasteiger partial charge in [0.1, 0.15) is 0 Å². The van der Waals surface area contributed by atoms with E-state index in [0.29, 0.717) is 13.0 Å². The van der Waals surface area contributed by atoms with E-state index in [-0.39, 0.29) is 11.3 Å². The van der Waals surface area contributed by atoms with E-state index in [1.165, 1.54) is 0 Å². The number of hydrogen-bond acceptors (Lipinski definition) is 3. The van der Waals surface area contributed by atoms with E-state index in [2.05, 4.69) is 4.98 Å². The highest BCUT2D eigenvalue weighted by Crippen LogP contribution is 2.17. The van der Waals surface area contributed by atoms with Crippen LogP contribution in [0.4, 0.5) is 0 Å². The molecule has 0 radical (unpaired) electrons. The molecule has 1 aliphatic heterocycles. The first-order valence-corrected chi connectivity index (χ1v) is 5.87. The first-order chi connectivity index (χ1) is 6.75. The van der Waals surface area contributed by atoms with Gasteiger partial charge in [0.15, 0.2) is 0 Å². The van der Waals surface area contributed by atoms with Gasteiger partial charge in [-0.1, -0.05) is 0 Å². The van der Waals surface area contributed by atoms with E-state index in [1.54, 1.807) is 17.5 Å². The second kappa shape index (κ2) is 4.28. The largest absolute Gasteiger partial charge is 0.341 e. The minimum Gasteiger partial charge on any atom is -0.341 e. The van der Waals surface area contributed by atoms with Gasteiger partial charge < -0.3 is 4.90 Å². The Kier molecular flexibility index (Phi) is 3.03. The van der Waals surface area contributed by atoms with Crippen molar-refractivity contribution in [2.75, 3.05) is 13.1 Å². The second-order valence-corrected chi connectivity index (χ2v) is 4.91. The second-order valence-electron chi connectivity index (χ2n) is 3.32. The zero-order chi connectivity index (χ0) is 9.97. The molecule has 0 aromatic carbocycles. The fourth-order valence-corrected chi connectivity index (χ4v) is 2.46. The lowest BCUT2D eigenvalue weighted by atomic mass is 10.4. The highest BCUT2D eigenvalue weighted by atomic mass is 35.5. The zero-order valence-electron chi connectivity index (χ0n) is 7.65. The molecule has 0 saturated carbocycles. The summed E-state index contributed by atoms with van der Waals surface area (Å²) in [5.74, 6) is 0.168. The maximum Gasteiger partial charge on any atom is 0.224 e. The number of alkyl halides is 1. The maximum absolute atomic E-state index is 11.4. The molecule has 3 nitrogen and oxygen atoms in total. The normalized spacial score (nSPS) is 21.9. The van der Waals surface area contributed by atoms with Gasteiger partial charge in [-0.25, -0.2) is 4.98 Å². The minimum absolute atomic E-state index is 0.00112. The third-order valence-corrected chi connectivity index (χ3v) is 3.38. The molecule has 5 heteroatoms. The first kappa shape index (κ1) is 9.93. The molecular weight excluding hydrogens is 220 g/mol. The van der Waals surface area contributed by atoms with Gasteiger partial charge in [-0.2, -0.15) is 0 Å². The quantitative estimate of drug-likeness (QED) is 0.738. The summed E-state index contributed by atoms with van der Waals surface area (Å²) in [4.78, 5) is 17.4. The summed E-state index contributed by atoms with van der Waals surface area (Å²) in [6.45, 7) is 1.43. The van der Waals surface area contributed by atoms with Gasteiger partial charge in [0.2, 0.25) is 5.91 Å². The van der Waals surface area contributed by atoms with Crippen molar-refractivity contribution in [2.45, 2.75) is 18.2 Å². The number of aromatic nitrogens is 1. The van der Waals surface area contributed by atoms with Crippen LogP contribution in [0.2, 0.25) is 0 Å². The molecule has 2 rings (SSSR count). The molecule has 2 heterocycles. The van der Waals surface area contributed by atoms with Gasteiger partial charge in [-0.05, 0) is 0 Å². The number of amides is 1. The number of likely N-dealkylation sites (tertiary alicyclic amines) is 1. The standard InChI is InChI=1S/C9H11ClN2OS/c10-7-5-9(13)12(6-7)3-1-8-11-2-4-14-8/h2,4,7H,1,3,5-6H2. The van der Waals surface area contributed by atoms with Gasteiger partial charge in [0.05, 0.1) is 10.4 Å². The van der Waals surface area contributed by atoms with E-state index in [4.69, 9.17) is 11.6 Å². The Labute approximate surface area is 91.7 Å². The van der Waals surface area contributed by atoms with Crippen molar-refractivity contribution >= 4 is 28.8 Å². The molecule has 0 aliphatic carbocycles. The fraction of sp³-hybridized carbons (Fsp3) is 0.556. The van der Waals surface area contributed by atoms with Gasteiger partial charge >= 0.3 is 0 Å². The molecule has 1 aromatic rings. The average Bonchev–Trinajstić information content (AvgIpc) is 2.72. The van der Waals surface area contributed by atoms with Crippen LogP contribution in [0, 0.1) is 0 Å². The summed E-state index contributed by atoms with van der Waals surface area (Å²) in [6, 6.07) is 0. The van der Waals surface area contributed by atoms with Crippen LogP contribution in [0.3, 0.4) is 0 Å². The van der Waals surface area contributed by atoms with Gasteiger partial charge in [0.25, 0.3) is 0 Å². The highest BCUT2D eigenvalue weighted by molar-refractivity contribution is 7.09. The summed E-state index contributed by atoms with van der Waals surface area (Å²) in [5, 5.41) is 3.03. The monoisotopic (exact) mass is 230 g/mol. The number of hydrogen-bond donors (Lipinski definition) is 0. The van der Waals surface area contributed by atoms with Gasteiger partial charge in [-0.3, -0.25) is 4.79 Å². The Hall–Kier alpha value is -0.610. The van der Waals surface area contributed by atoms with Crippen LogP contribution in [0.25, 0.3) is 0 Å². The molecule has 1 unspecified atom stereocenters. The van der Waals surface area contributed by atoms with E-state index >= 15 is 0 Å². The Morgan fingerprint density at radius 1 is 1.71 bits per heavy atom. The molecule has 0 spiro atoms. The highest BCUT2D eigenvalue weighted by Gasteiger charge is 2.27. The van der Waals surface area contributed by atoms with Crippen molar-refractivity contribution in [1.29, 1.82) is 0 Å². The molecule has 1 saturated heterocycles. The molecule has 1 fully saturated rings. The molecule has 1 amide bonds. The SMILES string of the molecule is O=C1CC(Cl)CN1CCc1nccs1. The van der Waals surface area contributed by atoms with Crippen molar-refractivity contribution in [2.24, 2.45) is 0 Å². The lowest BCUT2D eigenvalue weighted by Gasteiger charge is -2.14. The third-order valence-electron chi connectivity index (χ3n) is 2.25. The predicted octanol–water partition coefficient (Wildman–Crippen LogP) is 1.53. The molecule has 0 bridgehead atoms. The molecule has 76 valence electrons. The number of nitrogens with zero attached hydrogens (tertiary/aromatic N) is 2. The summed E-state index contributed by atoms with van der Waals surface area (Å²) < 4.78 is 0. The van der Waals surface area contributed by atoms with Gasteiger partial charge in [-0.15, -0.1) is 22.9 Å². The van der Waals surface area contributed by atoms with E-state index in [1.807, 2.05) is 10.3 Å². The Bertz CT molecular complexity index is 315. The van der Waals surface area contributed by atoms with Crippen LogP contribution in [0.1, 0.15) is 11.4 Å². The van der Waals surface area contributed by atoms with Crippen molar-refractivity contribution in [3.05, 3.63) is 16.6 Å². The fourth-order valence-electron chi connectivity index (χ4n) is 1.55. The molecular formula is C9H11ClN2OS. The predicted molar refractivity (Wildman–Crippen MR) is 56.7 cm³/mol. The maximum atomic E-state index is 11.4. The van der Waals surface area contributed by atoms with Crippen molar-refractivity contribution in [1.82, 2.24) is 9.88 Å². The molecule has 1 aliphatic rings. The van der Waals surface area contributed by atoms with Crippen LogP contribution < -0.4 is 0 Å². The van der Waals surface area contributed by atoms with Crippen LogP contribution in [-0.4, -0.2) is 34.3 Å². The number of halogens is 1. The number of carbonyl (C=O) groups excluding carboxylic acids is 1. The van der Waals surface area contributed by atoms with Gasteiger partial charge in [0, 0.05) is 37.5 Å². The lowest BCUT2D eigenvalue weighted by Crippen LogP contribution is -2.27. The lowest BCUT2D eigenvalue weighted by molar-refractivity contribution is -0.127. The number of carbonyl (C=O) groups is 1. The summed E-state index contributed by atoms with van der Waals surface area (Å²) in [6.07, 6.45) is 3.11. The summed E-state index contributed by atoms with van der Waals surface area (Å²) >= 11 is 7.51. The molecule has 14 heavy (non-hydrogen) atoms. The van der Waals surface area contributed by atoms with Crippen molar-refractivity contribution in [3.63, 3.8) is 0 Å². The van der Waals surface area contributed by atoms with E-state index in [0.717, 1.165) is 18.0 Å². The number of thiazole rings is 1. The summed E-state index contributed by atoms with van der Waals surface area (Å²) in [5.41, 5.74) is 0.